The van der Waals surface area contributed by atoms with Gasteiger partial charge in [0.15, 0.2) is 0 Å². The van der Waals surface area contributed by atoms with Crippen LogP contribution in [0.3, 0.4) is 0 Å². The minimum absolute atomic E-state index is 0.103. The van der Waals surface area contributed by atoms with Crippen LogP contribution in [0.2, 0.25) is 0 Å². The van der Waals surface area contributed by atoms with Gasteiger partial charge in [-0.2, -0.15) is 0 Å². The molecule has 126 valence electrons. The van der Waals surface area contributed by atoms with E-state index in [0.717, 1.165) is 63.2 Å². The van der Waals surface area contributed by atoms with Crippen LogP contribution in [0.4, 0.5) is 0 Å². The van der Waals surface area contributed by atoms with Gasteiger partial charge in [-0.15, -0.1) is 0 Å². The summed E-state index contributed by atoms with van der Waals surface area (Å²) in [4.78, 5) is 14.4. The fraction of sp³-hybridized carbons (Fsp3) is 0.611. The minimum Gasteiger partial charge on any atom is -0.491 e. The molecular formula is C18H26N2O3. The zero-order valence-electron chi connectivity index (χ0n) is 13.6. The third-order valence-electron chi connectivity index (χ3n) is 4.80. The van der Waals surface area contributed by atoms with E-state index in [2.05, 4.69) is 0 Å². The molecule has 2 N–H and O–H groups in total. The Labute approximate surface area is 137 Å². The van der Waals surface area contributed by atoms with Gasteiger partial charge in [-0.1, -0.05) is 0 Å². The highest BCUT2D eigenvalue weighted by Gasteiger charge is 2.23. The van der Waals surface area contributed by atoms with Gasteiger partial charge < -0.3 is 20.1 Å². The number of rotatable bonds is 5. The zero-order valence-corrected chi connectivity index (χ0v) is 13.6. The topological polar surface area (TPSA) is 64.8 Å². The molecule has 1 unspecified atom stereocenters. The lowest BCUT2D eigenvalue weighted by Crippen LogP contribution is -2.40. The first kappa shape index (κ1) is 16.3. The molecule has 2 aliphatic heterocycles. The molecule has 2 aliphatic rings. The van der Waals surface area contributed by atoms with Crippen molar-refractivity contribution >= 4 is 5.91 Å². The van der Waals surface area contributed by atoms with E-state index in [0.29, 0.717) is 12.5 Å². The Hall–Kier alpha value is -1.59. The van der Waals surface area contributed by atoms with Crippen molar-refractivity contribution in [2.45, 2.75) is 31.8 Å². The number of amides is 1. The van der Waals surface area contributed by atoms with Gasteiger partial charge in [-0.25, -0.2) is 0 Å². The van der Waals surface area contributed by atoms with Crippen LogP contribution < -0.4 is 10.5 Å². The van der Waals surface area contributed by atoms with Crippen molar-refractivity contribution in [3.8, 4) is 5.75 Å². The van der Waals surface area contributed by atoms with E-state index in [1.807, 2.05) is 29.2 Å². The van der Waals surface area contributed by atoms with Crippen LogP contribution in [0.25, 0.3) is 0 Å². The molecule has 0 spiro atoms. The lowest BCUT2D eigenvalue weighted by atomic mass is 9.96. The highest BCUT2D eigenvalue weighted by Crippen LogP contribution is 2.20. The summed E-state index contributed by atoms with van der Waals surface area (Å²) in [6.07, 6.45) is 4.40. The number of hydrogen-bond acceptors (Lipinski definition) is 4. The molecule has 2 saturated heterocycles. The zero-order chi connectivity index (χ0) is 16.1. The monoisotopic (exact) mass is 318 g/mol. The van der Waals surface area contributed by atoms with E-state index in [4.69, 9.17) is 15.2 Å². The van der Waals surface area contributed by atoms with Crippen LogP contribution in [0.5, 0.6) is 5.75 Å². The number of nitrogens with zero attached hydrogens (tertiary/aromatic N) is 1. The normalized spacial score (nSPS) is 22.3. The van der Waals surface area contributed by atoms with Crippen molar-refractivity contribution < 1.29 is 14.3 Å². The second-order valence-corrected chi connectivity index (χ2v) is 6.44. The summed E-state index contributed by atoms with van der Waals surface area (Å²) in [5.74, 6) is 1.46. The molecule has 23 heavy (non-hydrogen) atoms. The lowest BCUT2D eigenvalue weighted by Gasteiger charge is -2.31. The molecule has 0 bridgehead atoms. The molecule has 5 nitrogen and oxygen atoms in total. The largest absolute Gasteiger partial charge is 0.491 e. The molecule has 0 aromatic heterocycles. The molecule has 1 aromatic rings. The van der Waals surface area contributed by atoms with Crippen molar-refractivity contribution in [2.24, 2.45) is 11.7 Å². The molecule has 0 saturated carbocycles. The molecule has 3 rings (SSSR count). The van der Waals surface area contributed by atoms with Gasteiger partial charge in [-0.3, -0.25) is 4.79 Å². The quantitative estimate of drug-likeness (QED) is 0.902. The van der Waals surface area contributed by atoms with Crippen molar-refractivity contribution in [3.05, 3.63) is 29.8 Å². The van der Waals surface area contributed by atoms with Gasteiger partial charge in [0.2, 0.25) is 0 Å². The van der Waals surface area contributed by atoms with E-state index < -0.39 is 0 Å². The fourth-order valence-electron chi connectivity index (χ4n) is 3.21. The van der Waals surface area contributed by atoms with Crippen LogP contribution in [0.15, 0.2) is 24.3 Å². The van der Waals surface area contributed by atoms with Crippen molar-refractivity contribution in [2.75, 3.05) is 32.8 Å². The van der Waals surface area contributed by atoms with Crippen molar-refractivity contribution in [1.29, 1.82) is 0 Å². The highest BCUT2D eigenvalue weighted by atomic mass is 16.5. The number of nitrogens with two attached hydrogens (primary N) is 1. The van der Waals surface area contributed by atoms with Gasteiger partial charge in [0.1, 0.15) is 12.4 Å². The van der Waals surface area contributed by atoms with Gasteiger partial charge in [-0.05, 0) is 62.4 Å². The second kappa shape index (κ2) is 7.79. The average molecular weight is 318 g/mol. The van der Waals surface area contributed by atoms with E-state index in [1.165, 1.54) is 0 Å². The summed E-state index contributed by atoms with van der Waals surface area (Å²) < 4.78 is 11.3. The molecule has 0 radical (unpaired) electrons. The van der Waals surface area contributed by atoms with Crippen LogP contribution in [-0.2, 0) is 4.74 Å². The van der Waals surface area contributed by atoms with Crippen LogP contribution in [0.1, 0.15) is 36.0 Å². The van der Waals surface area contributed by atoms with Crippen molar-refractivity contribution in [3.63, 3.8) is 0 Å². The molecule has 1 aromatic carbocycles. The summed E-state index contributed by atoms with van der Waals surface area (Å²) in [5, 5.41) is 0. The van der Waals surface area contributed by atoms with E-state index in [-0.39, 0.29) is 12.0 Å². The molecule has 0 aliphatic carbocycles. The highest BCUT2D eigenvalue weighted by molar-refractivity contribution is 5.94. The van der Waals surface area contributed by atoms with E-state index in [1.54, 1.807) is 0 Å². The number of piperidine rings is 1. The Kier molecular flexibility index (Phi) is 5.51. The second-order valence-electron chi connectivity index (χ2n) is 6.44. The minimum atomic E-state index is 0.103. The summed E-state index contributed by atoms with van der Waals surface area (Å²) in [5.41, 5.74) is 6.42. The molecule has 2 heterocycles. The Bertz CT molecular complexity index is 504. The maximum Gasteiger partial charge on any atom is 0.253 e. The molecule has 1 atom stereocenters. The van der Waals surface area contributed by atoms with Gasteiger partial charge in [0.05, 0.1) is 6.10 Å². The lowest BCUT2D eigenvalue weighted by molar-refractivity contribution is 0.0675. The predicted octanol–water partition coefficient (Wildman–Crippen LogP) is 2.06. The first-order valence-corrected chi connectivity index (χ1v) is 8.60. The predicted molar refractivity (Wildman–Crippen MR) is 88.6 cm³/mol. The first-order chi connectivity index (χ1) is 11.3. The van der Waals surface area contributed by atoms with Gasteiger partial charge >= 0.3 is 0 Å². The maximum atomic E-state index is 12.5. The number of ether oxygens (including phenoxy) is 2. The molecular weight excluding hydrogens is 292 g/mol. The number of benzene rings is 1. The molecule has 5 heteroatoms. The first-order valence-electron chi connectivity index (χ1n) is 8.60. The standard InChI is InChI=1S/C18H26N2O3/c19-12-14-7-9-20(10-8-14)18(21)15-3-5-16(6-4-15)23-13-17-2-1-11-22-17/h3-6,14,17H,1-2,7-13,19H2. The van der Waals surface area contributed by atoms with Crippen LogP contribution in [-0.4, -0.2) is 49.8 Å². The summed E-state index contributed by atoms with van der Waals surface area (Å²) >= 11 is 0. The third kappa shape index (κ3) is 4.24. The Balaban J connectivity index is 1.51. The van der Waals surface area contributed by atoms with Crippen LogP contribution >= 0.6 is 0 Å². The third-order valence-corrected chi connectivity index (χ3v) is 4.80. The summed E-state index contributed by atoms with van der Waals surface area (Å²) in [6, 6.07) is 7.44. The number of carbonyl (C=O) groups excluding carboxylic acids is 1. The number of likely N-dealkylation sites (tertiary alicyclic amines) is 1. The number of carbonyl (C=O) groups is 1. The SMILES string of the molecule is NCC1CCN(C(=O)c2ccc(OCC3CCCO3)cc2)CC1. The van der Waals surface area contributed by atoms with Crippen LogP contribution in [0, 0.1) is 5.92 Å². The maximum absolute atomic E-state index is 12.5. The van der Waals surface area contributed by atoms with Gasteiger partial charge in [0.25, 0.3) is 5.91 Å². The molecule has 1 amide bonds. The van der Waals surface area contributed by atoms with Crippen molar-refractivity contribution in [1.82, 2.24) is 4.90 Å². The van der Waals surface area contributed by atoms with Gasteiger partial charge in [0, 0.05) is 25.3 Å². The molecule has 2 fully saturated rings. The summed E-state index contributed by atoms with van der Waals surface area (Å²) in [7, 11) is 0. The van der Waals surface area contributed by atoms with E-state index in [9.17, 15) is 4.79 Å². The fourth-order valence-corrected chi connectivity index (χ4v) is 3.21. The average Bonchev–Trinajstić information content (AvgIpc) is 3.13. The smallest absolute Gasteiger partial charge is 0.253 e. The Morgan fingerprint density at radius 2 is 1.96 bits per heavy atom. The Morgan fingerprint density at radius 3 is 2.57 bits per heavy atom. The Morgan fingerprint density at radius 1 is 1.22 bits per heavy atom. The summed E-state index contributed by atoms with van der Waals surface area (Å²) in [6.45, 7) is 3.75. The number of hydrogen-bond donors (Lipinski definition) is 1. The van der Waals surface area contributed by atoms with E-state index >= 15 is 0 Å².